The molecule has 1 aromatic heterocycles. The average molecular weight is 235 g/mol. The summed E-state index contributed by atoms with van der Waals surface area (Å²) in [5.74, 6) is 0. The summed E-state index contributed by atoms with van der Waals surface area (Å²) in [4.78, 5) is 4.62. The van der Waals surface area contributed by atoms with Crippen molar-refractivity contribution >= 4 is 13.4 Å². The Morgan fingerprint density at radius 1 is 1.06 bits per heavy atom. The normalized spacial score (nSPS) is 24.2. The van der Waals surface area contributed by atoms with Crippen molar-refractivity contribution in [3.05, 3.63) is 24.4 Å². The molecule has 1 aromatic rings. The Hall–Kier alpha value is -0.420. The maximum atomic E-state index is 4.62. The second-order valence-corrected chi connectivity index (χ2v) is 9.55. The van der Waals surface area contributed by atoms with E-state index in [0.29, 0.717) is 10.3 Å². The van der Waals surface area contributed by atoms with E-state index in [2.05, 4.69) is 44.8 Å². The molecule has 0 atom stereocenters. The van der Waals surface area contributed by atoms with Gasteiger partial charge >= 0.3 is 0 Å². The van der Waals surface area contributed by atoms with E-state index in [1.54, 1.807) is 0 Å². The molecule has 0 aromatic carbocycles. The zero-order valence-electron chi connectivity index (χ0n) is 10.8. The maximum Gasteiger partial charge on any atom is 0.0641 e. The molecular formula is C14H22NP. The minimum Gasteiger partial charge on any atom is -0.257 e. The molecule has 0 amide bonds. The number of pyridine rings is 1. The van der Waals surface area contributed by atoms with E-state index in [0.717, 1.165) is 0 Å². The van der Waals surface area contributed by atoms with Gasteiger partial charge in [-0.15, -0.1) is 0 Å². The third-order valence-corrected chi connectivity index (χ3v) is 7.26. The van der Waals surface area contributed by atoms with Crippen LogP contribution >= 0.6 is 7.92 Å². The van der Waals surface area contributed by atoms with Gasteiger partial charge in [0.25, 0.3) is 0 Å². The van der Waals surface area contributed by atoms with Gasteiger partial charge in [-0.1, -0.05) is 40.2 Å². The van der Waals surface area contributed by atoms with Crippen LogP contribution in [-0.2, 0) is 0 Å². The van der Waals surface area contributed by atoms with Crippen LogP contribution < -0.4 is 5.44 Å². The Morgan fingerprint density at radius 2 is 1.69 bits per heavy atom. The lowest BCUT2D eigenvalue weighted by atomic mass is 9.98. The highest BCUT2D eigenvalue weighted by Gasteiger charge is 2.44. The van der Waals surface area contributed by atoms with Gasteiger partial charge in [0, 0.05) is 6.20 Å². The molecule has 0 spiro atoms. The summed E-state index contributed by atoms with van der Waals surface area (Å²) in [6.45, 7) is 9.70. The molecule has 16 heavy (non-hydrogen) atoms. The largest absolute Gasteiger partial charge is 0.257 e. The minimum atomic E-state index is -0.164. The van der Waals surface area contributed by atoms with Crippen LogP contribution in [0.2, 0.25) is 0 Å². The lowest BCUT2D eigenvalue weighted by molar-refractivity contribution is 0.470. The summed E-state index contributed by atoms with van der Waals surface area (Å²) in [6, 6.07) is 6.37. The zero-order chi connectivity index (χ0) is 11.8. The van der Waals surface area contributed by atoms with E-state index in [4.69, 9.17) is 0 Å². The Balaban J connectivity index is 2.41. The summed E-state index contributed by atoms with van der Waals surface area (Å²) in [5, 5.41) is 0.872. The highest BCUT2D eigenvalue weighted by molar-refractivity contribution is 7.68. The molecule has 0 bridgehead atoms. The fourth-order valence-electron chi connectivity index (χ4n) is 3.10. The minimum absolute atomic E-state index is 0.164. The first kappa shape index (κ1) is 12.0. The quantitative estimate of drug-likeness (QED) is 0.672. The van der Waals surface area contributed by atoms with Gasteiger partial charge in [-0.2, -0.15) is 0 Å². The van der Waals surface area contributed by atoms with Crippen LogP contribution in [0.1, 0.15) is 47.0 Å². The molecule has 1 saturated heterocycles. The van der Waals surface area contributed by atoms with Crippen LogP contribution in [0.15, 0.2) is 24.4 Å². The molecule has 2 rings (SSSR count). The van der Waals surface area contributed by atoms with Gasteiger partial charge in [-0.25, -0.2) is 0 Å². The third-order valence-electron chi connectivity index (χ3n) is 3.67. The Bertz CT molecular complexity index is 340. The van der Waals surface area contributed by atoms with Gasteiger partial charge in [-0.3, -0.25) is 4.98 Å². The van der Waals surface area contributed by atoms with E-state index in [9.17, 15) is 0 Å². The number of aromatic nitrogens is 1. The summed E-state index contributed by atoms with van der Waals surface area (Å²) in [7, 11) is -0.164. The maximum absolute atomic E-state index is 4.62. The van der Waals surface area contributed by atoms with Crippen LogP contribution in [0, 0.1) is 0 Å². The predicted molar refractivity (Wildman–Crippen MR) is 72.8 cm³/mol. The fraction of sp³-hybridized carbons (Fsp3) is 0.643. The van der Waals surface area contributed by atoms with Gasteiger partial charge in [0.2, 0.25) is 0 Å². The number of hydrogen-bond acceptors (Lipinski definition) is 1. The average Bonchev–Trinajstić information content (AvgIpc) is 2.16. The first-order valence-electron chi connectivity index (χ1n) is 6.15. The topological polar surface area (TPSA) is 12.9 Å². The van der Waals surface area contributed by atoms with E-state index < -0.39 is 0 Å². The number of nitrogens with zero attached hydrogens (tertiary/aromatic N) is 1. The Kier molecular flexibility index (Phi) is 3.09. The molecule has 1 fully saturated rings. The first-order chi connectivity index (χ1) is 7.43. The fourth-order valence-corrected chi connectivity index (χ4v) is 7.16. The standard InChI is InChI=1S/C14H22NP/c1-13(2)9-7-10-14(3,4)16(13)12-8-5-6-11-15-12/h5-6,8,11H,7,9-10H2,1-4H3. The van der Waals surface area contributed by atoms with Crippen LogP contribution in [-0.4, -0.2) is 15.3 Å². The molecule has 0 N–H and O–H groups in total. The first-order valence-corrected chi connectivity index (χ1v) is 7.49. The van der Waals surface area contributed by atoms with Crippen molar-refractivity contribution in [2.24, 2.45) is 0 Å². The van der Waals surface area contributed by atoms with Gasteiger partial charge in [0.1, 0.15) is 0 Å². The molecule has 2 heterocycles. The monoisotopic (exact) mass is 235 g/mol. The lowest BCUT2D eigenvalue weighted by Crippen LogP contribution is -2.39. The molecule has 1 nitrogen and oxygen atoms in total. The Labute approximate surface area is 100 Å². The van der Waals surface area contributed by atoms with Crippen molar-refractivity contribution in [2.75, 3.05) is 0 Å². The molecule has 1 aliphatic rings. The van der Waals surface area contributed by atoms with Crippen LogP contribution in [0.4, 0.5) is 0 Å². The SMILES string of the molecule is CC1(C)CCCC(C)(C)P1c1ccccn1. The Morgan fingerprint density at radius 3 is 2.19 bits per heavy atom. The van der Waals surface area contributed by atoms with Crippen molar-refractivity contribution < 1.29 is 0 Å². The lowest BCUT2D eigenvalue weighted by Gasteiger charge is -2.49. The van der Waals surface area contributed by atoms with Gasteiger partial charge in [0.05, 0.1) is 5.44 Å². The van der Waals surface area contributed by atoms with Gasteiger partial charge < -0.3 is 0 Å². The third kappa shape index (κ3) is 2.15. The molecule has 1 aliphatic heterocycles. The predicted octanol–water partition coefficient (Wildman–Crippen LogP) is 3.93. The van der Waals surface area contributed by atoms with Crippen LogP contribution in [0.3, 0.4) is 0 Å². The summed E-state index contributed by atoms with van der Waals surface area (Å²) in [6.07, 6.45) is 6.00. The highest BCUT2D eigenvalue weighted by Crippen LogP contribution is 2.64. The smallest absolute Gasteiger partial charge is 0.0641 e. The number of rotatable bonds is 1. The summed E-state index contributed by atoms with van der Waals surface area (Å²) >= 11 is 0. The van der Waals surface area contributed by atoms with Gasteiger partial charge in [0.15, 0.2) is 0 Å². The molecule has 0 aliphatic carbocycles. The summed E-state index contributed by atoms with van der Waals surface area (Å²) < 4.78 is 0. The molecular weight excluding hydrogens is 213 g/mol. The van der Waals surface area contributed by atoms with E-state index in [1.165, 1.54) is 24.7 Å². The number of hydrogen-bond donors (Lipinski definition) is 0. The van der Waals surface area contributed by atoms with Crippen LogP contribution in [0.25, 0.3) is 0 Å². The van der Waals surface area contributed by atoms with Crippen molar-refractivity contribution in [3.8, 4) is 0 Å². The highest BCUT2D eigenvalue weighted by atomic mass is 31.1. The second-order valence-electron chi connectivity index (χ2n) is 6.00. The van der Waals surface area contributed by atoms with E-state index in [1.807, 2.05) is 12.3 Å². The molecule has 2 heteroatoms. The van der Waals surface area contributed by atoms with Crippen molar-refractivity contribution in [3.63, 3.8) is 0 Å². The summed E-state index contributed by atoms with van der Waals surface area (Å²) in [5.41, 5.74) is 1.34. The second kappa shape index (κ2) is 4.11. The van der Waals surface area contributed by atoms with E-state index >= 15 is 0 Å². The van der Waals surface area contributed by atoms with Crippen molar-refractivity contribution in [1.82, 2.24) is 4.98 Å². The molecule has 0 saturated carbocycles. The van der Waals surface area contributed by atoms with Gasteiger partial charge in [-0.05, 0) is 43.2 Å². The van der Waals surface area contributed by atoms with Crippen LogP contribution in [0.5, 0.6) is 0 Å². The molecule has 88 valence electrons. The zero-order valence-corrected chi connectivity index (χ0v) is 11.7. The molecule has 0 unspecified atom stereocenters. The van der Waals surface area contributed by atoms with Crippen molar-refractivity contribution in [2.45, 2.75) is 57.3 Å². The molecule has 0 radical (unpaired) electrons. The van der Waals surface area contributed by atoms with Crippen molar-refractivity contribution in [1.29, 1.82) is 0 Å². The van der Waals surface area contributed by atoms with E-state index in [-0.39, 0.29) is 7.92 Å².